The maximum Gasteiger partial charge on any atom is 0.326 e. The molecule has 5 rings (SSSR count). The summed E-state index contributed by atoms with van der Waals surface area (Å²) in [5, 5.41) is 17.5. The number of benzene rings is 4. The number of carboxylic acid groups (broad SMARTS) is 1. The molecule has 5 aromatic rings. The molecule has 5 nitrogen and oxygen atoms in total. The largest absolute Gasteiger partial charge is 0.480 e. The van der Waals surface area contributed by atoms with Crippen LogP contribution < -0.4 is 5.32 Å². The minimum Gasteiger partial charge on any atom is -0.480 e. The number of amides is 1. The van der Waals surface area contributed by atoms with Crippen LogP contribution in [0.5, 0.6) is 0 Å². The van der Waals surface area contributed by atoms with Gasteiger partial charge in [0.25, 0.3) is 5.91 Å². The molecular weight excluding hydrogens is 400 g/mol. The van der Waals surface area contributed by atoms with E-state index in [9.17, 15) is 14.7 Å². The summed E-state index contributed by atoms with van der Waals surface area (Å²) in [6, 6.07) is 26.0. The normalized spacial score (nSPS) is 12.1. The predicted molar refractivity (Wildman–Crippen MR) is 126 cm³/mol. The number of aromatic nitrogens is 1. The standard InChI is InChI=1S/C27H20N2O3/c30-26(20-14-19-9-3-6-12-24(19)28-16-20)29-25(27(31)32)15-23-21-10-4-1-7-17(21)13-18-8-2-5-11-22(18)23/h1-14,16,25H,15H2,(H,29,30)(H,31,32)/t25-/m1/s1. The second kappa shape index (κ2) is 8.12. The van der Waals surface area contributed by atoms with Gasteiger partial charge in [-0.15, -0.1) is 0 Å². The van der Waals surface area contributed by atoms with Gasteiger partial charge in [0.05, 0.1) is 11.1 Å². The van der Waals surface area contributed by atoms with Crippen molar-refractivity contribution in [2.45, 2.75) is 12.5 Å². The molecule has 0 aliphatic carbocycles. The van der Waals surface area contributed by atoms with Crippen molar-refractivity contribution in [1.29, 1.82) is 0 Å². The van der Waals surface area contributed by atoms with E-state index in [1.165, 1.54) is 6.20 Å². The maximum absolute atomic E-state index is 12.9. The molecule has 1 atom stereocenters. The van der Waals surface area contributed by atoms with E-state index >= 15 is 0 Å². The molecular formula is C27H20N2O3. The quantitative estimate of drug-likeness (QED) is 0.394. The second-order valence-electron chi connectivity index (χ2n) is 7.78. The summed E-state index contributed by atoms with van der Waals surface area (Å²) in [5.41, 5.74) is 2.02. The van der Waals surface area contributed by atoms with Gasteiger partial charge in [0.2, 0.25) is 0 Å². The number of para-hydroxylation sites is 1. The van der Waals surface area contributed by atoms with E-state index in [4.69, 9.17) is 0 Å². The third-order valence-corrected chi connectivity index (χ3v) is 5.75. The van der Waals surface area contributed by atoms with E-state index in [2.05, 4.69) is 16.4 Å². The van der Waals surface area contributed by atoms with Crippen LogP contribution in [-0.2, 0) is 11.2 Å². The molecule has 1 aromatic heterocycles. The monoisotopic (exact) mass is 420 g/mol. The van der Waals surface area contributed by atoms with Gasteiger partial charge < -0.3 is 10.4 Å². The Labute approximate surface area is 184 Å². The number of nitrogens with one attached hydrogen (secondary N) is 1. The molecule has 1 amide bonds. The Hall–Kier alpha value is -4.25. The Bertz CT molecular complexity index is 1440. The third-order valence-electron chi connectivity index (χ3n) is 5.75. The highest BCUT2D eigenvalue weighted by Crippen LogP contribution is 2.29. The van der Waals surface area contributed by atoms with Gasteiger partial charge in [-0.2, -0.15) is 0 Å². The number of carbonyl (C=O) groups is 2. The van der Waals surface area contributed by atoms with Crippen molar-refractivity contribution in [2.75, 3.05) is 0 Å². The SMILES string of the molecule is O=C(N[C@H](Cc1c2ccccc2cc2ccccc12)C(=O)O)c1cnc2ccccc2c1. The first-order valence-corrected chi connectivity index (χ1v) is 10.4. The van der Waals surface area contributed by atoms with Crippen molar-refractivity contribution >= 4 is 44.3 Å². The van der Waals surface area contributed by atoms with Crippen molar-refractivity contribution < 1.29 is 14.7 Å². The van der Waals surface area contributed by atoms with Gasteiger partial charge in [-0.1, -0.05) is 66.7 Å². The van der Waals surface area contributed by atoms with Gasteiger partial charge in [0.1, 0.15) is 6.04 Å². The highest BCUT2D eigenvalue weighted by atomic mass is 16.4. The smallest absolute Gasteiger partial charge is 0.326 e. The van der Waals surface area contributed by atoms with Gasteiger partial charge >= 0.3 is 5.97 Å². The molecule has 0 spiro atoms. The van der Waals surface area contributed by atoms with Crippen molar-refractivity contribution in [3.63, 3.8) is 0 Å². The first-order valence-electron chi connectivity index (χ1n) is 10.4. The van der Waals surface area contributed by atoms with E-state index in [1.54, 1.807) is 6.07 Å². The average molecular weight is 420 g/mol. The van der Waals surface area contributed by atoms with E-state index in [-0.39, 0.29) is 6.42 Å². The van der Waals surface area contributed by atoms with Crippen molar-refractivity contribution in [1.82, 2.24) is 10.3 Å². The summed E-state index contributed by atoms with van der Waals surface area (Å²) in [7, 11) is 0. The number of pyridine rings is 1. The van der Waals surface area contributed by atoms with Crippen LogP contribution in [0, 0.1) is 0 Å². The molecule has 156 valence electrons. The molecule has 0 bridgehead atoms. The van der Waals surface area contributed by atoms with Crippen LogP contribution in [0.1, 0.15) is 15.9 Å². The summed E-state index contributed by atoms with van der Waals surface area (Å²) in [6.45, 7) is 0. The Morgan fingerprint density at radius 2 is 1.41 bits per heavy atom. The molecule has 0 fully saturated rings. The molecule has 5 heteroatoms. The zero-order valence-electron chi connectivity index (χ0n) is 17.2. The van der Waals surface area contributed by atoms with E-state index in [0.29, 0.717) is 5.56 Å². The van der Waals surface area contributed by atoms with Gasteiger partial charge in [-0.05, 0) is 45.3 Å². The number of fused-ring (bicyclic) bond motifs is 3. The highest BCUT2D eigenvalue weighted by Gasteiger charge is 2.23. The van der Waals surface area contributed by atoms with Crippen molar-refractivity contribution in [3.05, 3.63) is 102 Å². The summed E-state index contributed by atoms with van der Waals surface area (Å²) in [5.74, 6) is -1.54. The number of rotatable bonds is 5. The van der Waals surface area contributed by atoms with E-state index in [0.717, 1.165) is 38.0 Å². The molecule has 0 aliphatic rings. The molecule has 4 aromatic carbocycles. The van der Waals surface area contributed by atoms with Gasteiger partial charge in [0, 0.05) is 18.0 Å². The van der Waals surface area contributed by atoms with Crippen LogP contribution in [0.2, 0.25) is 0 Å². The Morgan fingerprint density at radius 1 is 0.812 bits per heavy atom. The predicted octanol–water partition coefficient (Wildman–Crippen LogP) is 4.97. The Morgan fingerprint density at radius 3 is 2.06 bits per heavy atom. The molecule has 32 heavy (non-hydrogen) atoms. The van der Waals surface area contributed by atoms with Crippen LogP contribution in [0.25, 0.3) is 32.4 Å². The number of hydrogen-bond acceptors (Lipinski definition) is 3. The number of aliphatic carboxylic acids is 1. The summed E-state index contributed by atoms with van der Waals surface area (Å²) < 4.78 is 0. The third kappa shape index (κ3) is 3.65. The molecule has 2 N–H and O–H groups in total. The van der Waals surface area contributed by atoms with Crippen LogP contribution in [-0.4, -0.2) is 28.0 Å². The molecule has 0 radical (unpaired) electrons. The lowest BCUT2D eigenvalue weighted by molar-refractivity contribution is -0.139. The highest BCUT2D eigenvalue weighted by molar-refractivity contribution is 6.03. The minimum absolute atomic E-state index is 0.171. The number of carbonyl (C=O) groups excluding carboxylic acids is 1. The molecule has 0 aliphatic heterocycles. The summed E-state index contributed by atoms with van der Waals surface area (Å²) in [4.78, 5) is 29.3. The van der Waals surface area contributed by atoms with Crippen LogP contribution in [0.4, 0.5) is 0 Å². The lowest BCUT2D eigenvalue weighted by atomic mass is 9.92. The second-order valence-corrected chi connectivity index (χ2v) is 7.78. The number of carboxylic acids is 1. The Kier molecular flexibility index (Phi) is 5.00. The molecule has 0 saturated heterocycles. The lowest BCUT2D eigenvalue weighted by Crippen LogP contribution is -2.42. The van der Waals surface area contributed by atoms with Gasteiger partial charge in [-0.3, -0.25) is 9.78 Å². The van der Waals surface area contributed by atoms with Crippen molar-refractivity contribution in [3.8, 4) is 0 Å². The summed E-state index contributed by atoms with van der Waals surface area (Å²) >= 11 is 0. The Balaban J connectivity index is 1.51. The summed E-state index contributed by atoms with van der Waals surface area (Å²) in [6.07, 6.45) is 1.65. The fourth-order valence-electron chi connectivity index (χ4n) is 4.17. The van der Waals surface area contributed by atoms with Crippen molar-refractivity contribution in [2.24, 2.45) is 0 Å². The molecule has 0 saturated carbocycles. The molecule has 1 heterocycles. The average Bonchev–Trinajstić information content (AvgIpc) is 2.82. The van der Waals surface area contributed by atoms with Crippen LogP contribution in [0.15, 0.2) is 91.1 Å². The van der Waals surface area contributed by atoms with E-state index < -0.39 is 17.9 Å². The minimum atomic E-state index is -1.08. The zero-order valence-corrected chi connectivity index (χ0v) is 17.2. The number of nitrogens with zero attached hydrogens (tertiary/aromatic N) is 1. The topological polar surface area (TPSA) is 79.3 Å². The fourth-order valence-corrected chi connectivity index (χ4v) is 4.17. The lowest BCUT2D eigenvalue weighted by Gasteiger charge is -2.18. The van der Waals surface area contributed by atoms with Gasteiger partial charge in [0.15, 0.2) is 0 Å². The van der Waals surface area contributed by atoms with E-state index in [1.807, 2.05) is 72.8 Å². The fraction of sp³-hybridized carbons (Fsp3) is 0.0741. The maximum atomic E-state index is 12.9. The number of hydrogen-bond donors (Lipinski definition) is 2. The zero-order chi connectivity index (χ0) is 22.1. The first kappa shape index (κ1) is 19.7. The first-order chi connectivity index (χ1) is 15.6. The van der Waals surface area contributed by atoms with Gasteiger partial charge in [-0.25, -0.2) is 4.79 Å². The molecule has 0 unspecified atom stereocenters. The van der Waals surface area contributed by atoms with Crippen LogP contribution >= 0.6 is 0 Å². The van der Waals surface area contributed by atoms with Crippen LogP contribution in [0.3, 0.4) is 0 Å².